The summed E-state index contributed by atoms with van der Waals surface area (Å²) in [5, 5.41) is 5.21. The van der Waals surface area contributed by atoms with Gasteiger partial charge in [0.2, 0.25) is 0 Å². The lowest BCUT2D eigenvalue weighted by atomic mass is 9.87. The van der Waals surface area contributed by atoms with Crippen molar-refractivity contribution in [3.63, 3.8) is 0 Å². The first-order chi connectivity index (χ1) is 17.1. The maximum atomic E-state index is 12.5. The molecular weight excluding hydrogens is 476 g/mol. The van der Waals surface area contributed by atoms with E-state index in [1.165, 1.54) is 7.11 Å². The lowest BCUT2D eigenvalue weighted by Gasteiger charge is -2.19. The number of carbonyl (C=O) groups excluding carboxylic acids is 3. The molecule has 0 unspecified atom stereocenters. The summed E-state index contributed by atoms with van der Waals surface area (Å²) in [6.45, 7) is 6.34. The Labute approximate surface area is 215 Å². The third-order valence-electron chi connectivity index (χ3n) is 5.29. The summed E-state index contributed by atoms with van der Waals surface area (Å²) in [7, 11) is 1.46. The minimum absolute atomic E-state index is 0.00500. The molecule has 0 atom stereocenters. The van der Waals surface area contributed by atoms with Crippen molar-refractivity contribution in [3.8, 4) is 5.75 Å². The van der Waals surface area contributed by atoms with Crippen LogP contribution in [0.1, 0.15) is 57.4 Å². The third kappa shape index (κ3) is 6.89. The summed E-state index contributed by atoms with van der Waals surface area (Å²) < 4.78 is 5.16. The standard InChI is InChI=1S/C27H28N4O4S/c1-27(2,3)19-13-9-17(10-14-19)23(32)28-20-15-11-18(12-16-20)24(33)30-31-26(36)29-25(34)21-7-5-6-8-22(21)35-4/h5-16H,1-4H3,(H,28,32)(H,30,33)(H2,29,31,34,36). The van der Waals surface area contributed by atoms with E-state index in [4.69, 9.17) is 17.0 Å². The summed E-state index contributed by atoms with van der Waals surface area (Å²) in [6.07, 6.45) is 0. The molecule has 0 fully saturated rings. The average molecular weight is 505 g/mol. The van der Waals surface area contributed by atoms with E-state index < -0.39 is 11.8 Å². The predicted molar refractivity (Wildman–Crippen MR) is 143 cm³/mol. The first kappa shape index (κ1) is 26.4. The highest BCUT2D eigenvalue weighted by Gasteiger charge is 2.15. The lowest BCUT2D eigenvalue weighted by molar-refractivity contribution is 0.0934. The van der Waals surface area contributed by atoms with Crippen molar-refractivity contribution in [2.75, 3.05) is 12.4 Å². The largest absolute Gasteiger partial charge is 0.496 e. The fourth-order valence-corrected chi connectivity index (χ4v) is 3.39. The number of nitrogens with one attached hydrogen (secondary N) is 4. The van der Waals surface area contributed by atoms with E-state index in [1.807, 2.05) is 12.1 Å². The molecule has 0 aliphatic carbocycles. The second kappa shape index (κ2) is 11.5. The van der Waals surface area contributed by atoms with E-state index in [0.717, 1.165) is 5.56 Å². The van der Waals surface area contributed by atoms with Gasteiger partial charge in [0.15, 0.2) is 5.11 Å². The molecule has 0 aromatic heterocycles. The van der Waals surface area contributed by atoms with Crippen molar-refractivity contribution < 1.29 is 19.1 Å². The minimum atomic E-state index is -0.479. The predicted octanol–water partition coefficient (Wildman–Crippen LogP) is 4.19. The fourth-order valence-electron chi connectivity index (χ4n) is 3.25. The highest BCUT2D eigenvalue weighted by atomic mass is 32.1. The van der Waals surface area contributed by atoms with Crippen molar-refractivity contribution in [2.24, 2.45) is 0 Å². The van der Waals surface area contributed by atoms with Crippen LogP contribution in [-0.2, 0) is 5.41 Å². The van der Waals surface area contributed by atoms with Crippen LogP contribution in [0.3, 0.4) is 0 Å². The molecule has 0 spiro atoms. The summed E-state index contributed by atoms with van der Waals surface area (Å²) in [5.41, 5.74) is 7.78. The topological polar surface area (TPSA) is 109 Å². The number of thiocarbonyl (C=S) groups is 1. The Morgan fingerprint density at radius 1 is 0.750 bits per heavy atom. The van der Waals surface area contributed by atoms with Crippen molar-refractivity contribution >= 4 is 40.7 Å². The Morgan fingerprint density at radius 2 is 1.33 bits per heavy atom. The first-order valence-electron chi connectivity index (χ1n) is 11.1. The molecule has 9 heteroatoms. The normalized spacial score (nSPS) is 10.7. The van der Waals surface area contributed by atoms with Gasteiger partial charge in [-0.05, 0) is 71.7 Å². The average Bonchev–Trinajstić information content (AvgIpc) is 2.87. The Kier molecular flexibility index (Phi) is 8.39. The number of hydrogen-bond donors (Lipinski definition) is 4. The molecule has 0 radical (unpaired) electrons. The zero-order valence-electron chi connectivity index (χ0n) is 20.5. The van der Waals surface area contributed by atoms with Crippen LogP contribution in [0.5, 0.6) is 5.75 Å². The van der Waals surface area contributed by atoms with Crippen molar-refractivity contribution in [2.45, 2.75) is 26.2 Å². The smallest absolute Gasteiger partial charge is 0.269 e. The molecule has 3 rings (SSSR count). The number of carbonyl (C=O) groups is 3. The SMILES string of the molecule is COc1ccccc1C(=O)NC(=S)NNC(=O)c1ccc(NC(=O)c2ccc(C(C)(C)C)cc2)cc1. The molecule has 3 aromatic rings. The molecule has 4 N–H and O–H groups in total. The van der Waals surface area contributed by atoms with Crippen LogP contribution in [-0.4, -0.2) is 29.9 Å². The number of para-hydroxylation sites is 1. The van der Waals surface area contributed by atoms with Crippen LogP contribution < -0.4 is 26.2 Å². The summed E-state index contributed by atoms with van der Waals surface area (Å²) in [4.78, 5) is 37.3. The van der Waals surface area contributed by atoms with Crippen molar-refractivity contribution in [1.82, 2.24) is 16.2 Å². The molecule has 0 heterocycles. The van der Waals surface area contributed by atoms with E-state index >= 15 is 0 Å². The van der Waals surface area contributed by atoms with Gasteiger partial charge in [-0.1, -0.05) is 45.0 Å². The summed E-state index contributed by atoms with van der Waals surface area (Å²) in [5.74, 6) is -0.798. The Hall–Kier alpha value is -4.24. The second-order valence-electron chi connectivity index (χ2n) is 8.92. The molecule has 0 aliphatic heterocycles. The molecule has 0 saturated carbocycles. The molecule has 8 nitrogen and oxygen atoms in total. The Morgan fingerprint density at radius 3 is 1.94 bits per heavy atom. The van der Waals surface area contributed by atoms with E-state index in [2.05, 4.69) is 42.3 Å². The van der Waals surface area contributed by atoms with Gasteiger partial charge in [0.25, 0.3) is 17.7 Å². The van der Waals surface area contributed by atoms with Gasteiger partial charge >= 0.3 is 0 Å². The zero-order chi connectivity index (χ0) is 26.3. The number of hydrogen-bond acceptors (Lipinski definition) is 5. The summed E-state index contributed by atoms with van der Waals surface area (Å²) >= 11 is 5.07. The minimum Gasteiger partial charge on any atom is -0.496 e. The lowest BCUT2D eigenvalue weighted by Crippen LogP contribution is -2.48. The van der Waals surface area contributed by atoms with E-state index in [1.54, 1.807) is 60.7 Å². The van der Waals surface area contributed by atoms with Crippen molar-refractivity contribution in [1.29, 1.82) is 0 Å². The van der Waals surface area contributed by atoms with Gasteiger partial charge in [0, 0.05) is 16.8 Å². The van der Waals surface area contributed by atoms with Gasteiger partial charge < -0.3 is 10.1 Å². The second-order valence-corrected chi connectivity index (χ2v) is 9.33. The highest BCUT2D eigenvalue weighted by molar-refractivity contribution is 7.80. The van der Waals surface area contributed by atoms with Gasteiger partial charge in [0.05, 0.1) is 12.7 Å². The van der Waals surface area contributed by atoms with Crippen LogP contribution in [0.2, 0.25) is 0 Å². The van der Waals surface area contributed by atoms with Crippen molar-refractivity contribution in [3.05, 3.63) is 95.1 Å². The maximum absolute atomic E-state index is 12.5. The number of benzene rings is 3. The van der Waals surface area contributed by atoms with Crippen LogP contribution >= 0.6 is 12.2 Å². The number of hydrazine groups is 1. The van der Waals surface area contributed by atoms with Crippen LogP contribution in [0.15, 0.2) is 72.8 Å². The summed E-state index contributed by atoms with van der Waals surface area (Å²) in [6, 6.07) is 20.5. The van der Waals surface area contributed by atoms with Gasteiger partial charge in [-0.25, -0.2) is 0 Å². The Balaban J connectivity index is 1.51. The van der Waals surface area contributed by atoms with Gasteiger partial charge in [-0.3, -0.25) is 30.6 Å². The van der Waals surface area contributed by atoms with E-state index in [0.29, 0.717) is 28.1 Å². The number of anilines is 1. The maximum Gasteiger partial charge on any atom is 0.269 e. The number of rotatable bonds is 5. The van der Waals surface area contributed by atoms with Crippen LogP contribution in [0, 0.1) is 0 Å². The van der Waals surface area contributed by atoms with Gasteiger partial charge in [0.1, 0.15) is 5.75 Å². The number of methoxy groups -OCH3 is 1. The molecule has 186 valence electrons. The van der Waals surface area contributed by atoms with Gasteiger partial charge in [-0.15, -0.1) is 0 Å². The molecule has 0 bridgehead atoms. The highest BCUT2D eigenvalue weighted by Crippen LogP contribution is 2.22. The number of ether oxygens (including phenoxy) is 1. The molecular formula is C27H28N4O4S. The third-order valence-corrected chi connectivity index (χ3v) is 5.49. The molecule has 36 heavy (non-hydrogen) atoms. The van der Waals surface area contributed by atoms with Crippen LogP contribution in [0.25, 0.3) is 0 Å². The van der Waals surface area contributed by atoms with Crippen LogP contribution in [0.4, 0.5) is 5.69 Å². The quantitative estimate of drug-likeness (QED) is 0.307. The monoisotopic (exact) mass is 504 g/mol. The molecule has 0 saturated heterocycles. The van der Waals surface area contributed by atoms with E-state index in [9.17, 15) is 14.4 Å². The number of amides is 3. The molecule has 3 aromatic carbocycles. The molecule has 0 aliphatic rings. The fraction of sp³-hybridized carbons (Fsp3) is 0.185. The first-order valence-corrected chi connectivity index (χ1v) is 11.6. The molecule has 3 amide bonds. The van der Waals surface area contributed by atoms with E-state index in [-0.39, 0.29) is 16.4 Å². The van der Waals surface area contributed by atoms with Gasteiger partial charge in [-0.2, -0.15) is 0 Å². The zero-order valence-corrected chi connectivity index (χ0v) is 21.3. The Bertz CT molecular complexity index is 1270.